The molecule has 1 nitrogen and oxygen atoms in total. The molecule has 6 heavy (non-hydrogen) atoms. The summed E-state index contributed by atoms with van der Waals surface area (Å²) in [6.07, 6.45) is 4.69. The number of hydrogen-bond donors (Lipinski definition) is 0. The van der Waals surface area contributed by atoms with E-state index in [2.05, 4.69) is 11.7 Å². The zero-order chi connectivity index (χ0) is 4.83. The highest BCUT2D eigenvalue weighted by molar-refractivity contribution is 4.69. The highest BCUT2D eigenvalue weighted by Gasteiger charge is 1.58. The van der Waals surface area contributed by atoms with Gasteiger partial charge in [0.05, 0.1) is 13.4 Å². The number of rotatable bonds is 2. The van der Waals surface area contributed by atoms with E-state index >= 15 is 0 Å². The number of allylic oxidation sites excluding steroid dienone is 1. The summed E-state index contributed by atoms with van der Waals surface area (Å²) >= 11 is 0. The van der Waals surface area contributed by atoms with Crippen LogP contribution in [0.15, 0.2) is 12.3 Å². The van der Waals surface area contributed by atoms with Crippen LogP contribution in [-0.2, 0) is 4.74 Å². The first-order valence-electron chi connectivity index (χ1n) is 2.09. The standard InChI is InChI=1S/C5H10O/c1-3-4-5-6-2/h4-5H,3H2,1-2H3/b5-4-. The van der Waals surface area contributed by atoms with E-state index in [0.717, 1.165) is 6.42 Å². The number of methoxy groups -OCH3 is 1. The molecule has 0 N–H and O–H groups in total. The van der Waals surface area contributed by atoms with Crippen LogP contribution in [-0.4, -0.2) is 7.11 Å². The first kappa shape index (κ1) is 5.54. The number of ether oxygens (including phenoxy) is 1. The molecule has 0 amide bonds. The van der Waals surface area contributed by atoms with Crippen molar-refractivity contribution in [3.8, 4) is 0 Å². The van der Waals surface area contributed by atoms with Gasteiger partial charge in [0.2, 0.25) is 0 Å². The van der Waals surface area contributed by atoms with E-state index in [-0.39, 0.29) is 0 Å². The predicted molar refractivity (Wildman–Crippen MR) is 26.4 cm³/mol. The molecule has 0 aromatic rings. The Morgan fingerprint density at radius 2 is 2.33 bits per heavy atom. The highest BCUT2D eigenvalue weighted by atomic mass is 16.5. The van der Waals surface area contributed by atoms with E-state index in [1.807, 2.05) is 6.08 Å². The van der Waals surface area contributed by atoms with Gasteiger partial charge in [0.15, 0.2) is 0 Å². The second-order valence-corrected chi connectivity index (χ2v) is 1.02. The minimum atomic E-state index is 1.05. The molecule has 0 aliphatic carbocycles. The molecule has 0 saturated heterocycles. The Morgan fingerprint density at radius 3 is 2.50 bits per heavy atom. The molecule has 0 saturated carbocycles. The van der Waals surface area contributed by atoms with Crippen molar-refractivity contribution in [1.82, 2.24) is 0 Å². The van der Waals surface area contributed by atoms with Crippen LogP contribution in [0, 0.1) is 0 Å². The summed E-state index contributed by atoms with van der Waals surface area (Å²) in [4.78, 5) is 0. The zero-order valence-corrected chi connectivity index (χ0v) is 4.27. The van der Waals surface area contributed by atoms with Crippen LogP contribution >= 0.6 is 0 Å². The maximum Gasteiger partial charge on any atom is 0.0784 e. The van der Waals surface area contributed by atoms with Gasteiger partial charge in [0.25, 0.3) is 0 Å². The van der Waals surface area contributed by atoms with Crippen molar-refractivity contribution >= 4 is 0 Å². The van der Waals surface area contributed by atoms with Crippen LogP contribution in [0.4, 0.5) is 0 Å². The Morgan fingerprint density at radius 1 is 1.67 bits per heavy atom. The second kappa shape index (κ2) is 4.54. The Hall–Kier alpha value is -0.460. The van der Waals surface area contributed by atoms with Crippen molar-refractivity contribution in [2.45, 2.75) is 13.3 Å². The number of hydrogen-bond acceptors (Lipinski definition) is 1. The molecule has 0 aliphatic rings. The van der Waals surface area contributed by atoms with Crippen molar-refractivity contribution in [3.63, 3.8) is 0 Å². The molecule has 36 valence electrons. The lowest BCUT2D eigenvalue weighted by Gasteiger charge is -1.80. The van der Waals surface area contributed by atoms with E-state index in [4.69, 9.17) is 0 Å². The second-order valence-electron chi connectivity index (χ2n) is 1.02. The molecule has 0 radical (unpaired) electrons. The first-order chi connectivity index (χ1) is 2.91. The Labute approximate surface area is 38.6 Å². The summed E-state index contributed by atoms with van der Waals surface area (Å²) in [5.41, 5.74) is 0. The van der Waals surface area contributed by atoms with Crippen molar-refractivity contribution < 1.29 is 4.74 Å². The van der Waals surface area contributed by atoms with Gasteiger partial charge >= 0.3 is 0 Å². The molecule has 0 bridgehead atoms. The molecule has 0 spiro atoms. The molecule has 1 heteroatoms. The van der Waals surface area contributed by atoms with Gasteiger partial charge in [-0.3, -0.25) is 0 Å². The Balaban J connectivity index is 2.73. The largest absolute Gasteiger partial charge is 0.505 e. The van der Waals surface area contributed by atoms with Crippen LogP contribution in [0.3, 0.4) is 0 Å². The minimum Gasteiger partial charge on any atom is -0.505 e. The summed E-state index contributed by atoms with van der Waals surface area (Å²) in [6.45, 7) is 2.06. The van der Waals surface area contributed by atoms with Crippen LogP contribution in [0.1, 0.15) is 13.3 Å². The highest BCUT2D eigenvalue weighted by Crippen LogP contribution is 1.76. The summed E-state index contributed by atoms with van der Waals surface area (Å²) in [5.74, 6) is 0. The lowest BCUT2D eigenvalue weighted by atomic mass is 10.5. The SMILES string of the molecule is CC/C=C\OC. The Bertz CT molecular complexity index is 33.2. The van der Waals surface area contributed by atoms with Crippen LogP contribution in [0.25, 0.3) is 0 Å². The average molecular weight is 86.1 g/mol. The van der Waals surface area contributed by atoms with E-state index in [9.17, 15) is 0 Å². The molecule has 0 aromatic heterocycles. The fourth-order valence-electron chi connectivity index (χ4n) is 0.192. The minimum absolute atomic E-state index is 1.05. The van der Waals surface area contributed by atoms with Crippen molar-refractivity contribution in [3.05, 3.63) is 12.3 Å². The molecular weight excluding hydrogens is 76.1 g/mol. The molecule has 0 aromatic carbocycles. The first-order valence-corrected chi connectivity index (χ1v) is 2.09. The third-order valence-corrected chi connectivity index (χ3v) is 0.468. The van der Waals surface area contributed by atoms with Gasteiger partial charge in [-0.15, -0.1) is 0 Å². The van der Waals surface area contributed by atoms with Gasteiger partial charge in [-0.1, -0.05) is 13.0 Å². The van der Waals surface area contributed by atoms with Gasteiger partial charge in [0, 0.05) is 0 Å². The molecule has 0 aliphatic heterocycles. The van der Waals surface area contributed by atoms with Crippen LogP contribution < -0.4 is 0 Å². The maximum atomic E-state index is 4.60. The smallest absolute Gasteiger partial charge is 0.0784 e. The van der Waals surface area contributed by atoms with Crippen LogP contribution in [0.2, 0.25) is 0 Å². The van der Waals surface area contributed by atoms with Crippen molar-refractivity contribution in [2.24, 2.45) is 0 Å². The summed E-state index contributed by atoms with van der Waals surface area (Å²) in [5, 5.41) is 0. The molecule has 0 unspecified atom stereocenters. The zero-order valence-electron chi connectivity index (χ0n) is 4.27. The normalized spacial score (nSPS) is 9.67. The van der Waals surface area contributed by atoms with Crippen molar-refractivity contribution in [2.75, 3.05) is 7.11 Å². The third kappa shape index (κ3) is 3.54. The summed E-state index contributed by atoms with van der Waals surface area (Å²) in [7, 11) is 1.64. The third-order valence-electron chi connectivity index (χ3n) is 0.468. The van der Waals surface area contributed by atoms with Gasteiger partial charge in [-0.25, -0.2) is 0 Å². The Kier molecular flexibility index (Phi) is 4.19. The maximum absolute atomic E-state index is 4.60. The molecule has 0 rings (SSSR count). The lowest BCUT2D eigenvalue weighted by molar-refractivity contribution is 0.336. The van der Waals surface area contributed by atoms with Gasteiger partial charge in [-0.2, -0.15) is 0 Å². The van der Waals surface area contributed by atoms with Crippen molar-refractivity contribution in [1.29, 1.82) is 0 Å². The molecular formula is C5H10O. The molecule has 0 heterocycles. The fourth-order valence-corrected chi connectivity index (χ4v) is 0.192. The fraction of sp³-hybridized carbons (Fsp3) is 0.600. The molecule has 0 fully saturated rings. The van der Waals surface area contributed by atoms with E-state index in [1.54, 1.807) is 13.4 Å². The van der Waals surface area contributed by atoms with E-state index < -0.39 is 0 Å². The predicted octanol–water partition coefficient (Wildman–Crippen LogP) is 1.56. The lowest BCUT2D eigenvalue weighted by Crippen LogP contribution is -1.61. The van der Waals surface area contributed by atoms with Gasteiger partial charge < -0.3 is 4.74 Å². The topological polar surface area (TPSA) is 9.23 Å². The summed E-state index contributed by atoms with van der Waals surface area (Å²) in [6, 6.07) is 0. The monoisotopic (exact) mass is 86.1 g/mol. The molecule has 0 atom stereocenters. The average Bonchev–Trinajstić information content (AvgIpc) is 1.61. The van der Waals surface area contributed by atoms with E-state index in [1.165, 1.54) is 0 Å². The van der Waals surface area contributed by atoms with Crippen LogP contribution in [0.5, 0.6) is 0 Å². The van der Waals surface area contributed by atoms with E-state index in [0.29, 0.717) is 0 Å². The van der Waals surface area contributed by atoms with Gasteiger partial charge in [-0.05, 0) is 6.42 Å². The quantitative estimate of drug-likeness (QED) is 0.463. The van der Waals surface area contributed by atoms with Gasteiger partial charge in [0.1, 0.15) is 0 Å². The summed E-state index contributed by atoms with van der Waals surface area (Å²) < 4.78 is 4.60.